The van der Waals surface area contributed by atoms with Crippen molar-refractivity contribution in [2.45, 2.75) is 36.5 Å². The molecule has 1 aromatic carbocycles. The zero-order valence-corrected chi connectivity index (χ0v) is 12.6. The molecule has 0 spiro atoms. The average Bonchev–Trinajstić information content (AvgIpc) is 2.84. The van der Waals surface area contributed by atoms with Crippen LogP contribution in [0, 0.1) is 0 Å². The second-order valence-corrected chi connectivity index (χ2v) is 7.86. The molecule has 1 aliphatic heterocycles. The van der Waals surface area contributed by atoms with E-state index >= 15 is 0 Å². The van der Waals surface area contributed by atoms with Crippen LogP contribution in [0.2, 0.25) is 0 Å². The van der Waals surface area contributed by atoms with Crippen LogP contribution in [0.25, 0.3) is 0 Å². The largest absolute Gasteiger partial charge is 0.337 e. The van der Waals surface area contributed by atoms with E-state index in [1.165, 1.54) is 6.07 Å². The van der Waals surface area contributed by atoms with Crippen molar-refractivity contribution in [2.75, 3.05) is 13.1 Å². The number of sulfone groups is 1. The number of rotatable bonds is 3. The Bertz CT molecular complexity index is 611. The van der Waals surface area contributed by atoms with Gasteiger partial charge in [0.05, 0.1) is 15.7 Å². The molecule has 1 saturated heterocycles. The van der Waals surface area contributed by atoms with Gasteiger partial charge in [0.1, 0.15) is 0 Å². The lowest BCUT2D eigenvalue weighted by Crippen LogP contribution is -2.33. The summed E-state index contributed by atoms with van der Waals surface area (Å²) in [6.45, 7) is 4.29. The number of nitrogens with zero attached hydrogens (tertiary/aromatic N) is 1. The quantitative estimate of drug-likeness (QED) is 0.904. The summed E-state index contributed by atoms with van der Waals surface area (Å²) in [5, 5.41) is -0.558. The van der Waals surface area contributed by atoms with Gasteiger partial charge in [0.25, 0.3) is 5.91 Å². The van der Waals surface area contributed by atoms with Crippen LogP contribution >= 0.6 is 0 Å². The van der Waals surface area contributed by atoms with Crippen LogP contribution in [0.4, 0.5) is 0 Å². The molecular formula is C14H20N2O3S. The Morgan fingerprint density at radius 2 is 2.00 bits per heavy atom. The first-order chi connectivity index (χ1) is 9.34. The summed E-state index contributed by atoms with van der Waals surface area (Å²) in [4.78, 5) is 14.2. The SMILES string of the molecule is CC(C)S(=O)(=O)c1ccccc1C(=O)N1CC[C@@H](N)C1. The number of benzene rings is 1. The van der Waals surface area contributed by atoms with Crippen molar-refractivity contribution in [1.82, 2.24) is 4.90 Å². The highest BCUT2D eigenvalue weighted by molar-refractivity contribution is 7.92. The van der Waals surface area contributed by atoms with Crippen LogP contribution in [0.1, 0.15) is 30.6 Å². The molecule has 2 N–H and O–H groups in total. The molecule has 1 fully saturated rings. The summed E-state index contributed by atoms with van der Waals surface area (Å²) in [6.07, 6.45) is 0.755. The molecule has 20 heavy (non-hydrogen) atoms. The van der Waals surface area contributed by atoms with Crippen LogP contribution in [-0.4, -0.2) is 43.6 Å². The topological polar surface area (TPSA) is 80.5 Å². The minimum absolute atomic E-state index is 0.0205. The van der Waals surface area contributed by atoms with Crippen molar-refractivity contribution in [3.05, 3.63) is 29.8 Å². The van der Waals surface area contributed by atoms with Crippen LogP contribution in [0.3, 0.4) is 0 Å². The Hall–Kier alpha value is -1.40. The van der Waals surface area contributed by atoms with E-state index in [0.717, 1.165) is 6.42 Å². The molecule has 1 aliphatic rings. The van der Waals surface area contributed by atoms with E-state index in [1.54, 1.807) is 36.9 Å². The first-order valence-corrected chi connectivity index (χ1v) is 8.26. The Labute approximate surface area is 119 Å². The highest BCUT2D eigenvalue weighted by atomic mass is 32.2. The summed E-state index contributed by atoms with van der Waals surface area (Å²) >= 11 is 0. The fourth-order valence-electron chi connectivity index (χ4n) is 2.29. The molecule has 1 aromatic rings. The molecule has 0 bridgehead atoms. The molecule has 5 nitrogen and oxygen atoms in total. The van der Waals surface area contributed by atoms with Gasteiger partial charge in [0.15, 0.2) is 9.84 Å². The lowest BCUT2D eigenvalue weighted by molar-refractivity contribution is 0.0787. The predicted molar refractivity (Wildman–Crippen MR) is 77.3 cm³/mol. The van der Waals surface area contributed by atoms with Gasteiger partial charge in [-0.2, -0.15) is 0 Å². The number of carbonyl (C=O) groups excluding carboxylic acids is 1. The molecule has 0 saturated carbocycles. The van der Waals surface area contributed by atoms with Gasteiger partial charge in [-0.1, -0.05) is 12.1 Å². The first kappa shape index (κ1) is 15.0. The molecule has 1 atom stereocenters. The van der Waals surface area contributed by atoms with Crippen LogP contribution in [0.5, 0.6) is 0 Å². The fourth-order valence-corrected chi connectivity index (χ4v) is 3.53. The Balaban J connectivity index is 2.41. The minimum Gasteiger partial charge on any atom is -0.337 e. The monoisotopic (exact) mass is 296 g/mol. The van der Waals surface area contributed by atoms with E-state index in [-0.39, 0.29) is 22.4 Å². The lowest BCUT2D eigenvalue weighted by Gasteiger charge is -2.18. The van der Waals surface area contributed by atoms with E-state index in [4.69, 9.17) is 5.73 Å². The van der Waals surface area contributed by atoms with Crippen molar-refractivity contribution < 1.29 is 13.2 Å². The maximum atomic E-state index is 12.5. The number of likely N-dealkylation sites (tertiary alicyclic amines) is 1. The molecule has 0 aliphatic carbocycles. The van der Waals surface area contributed by atoms with Crippen LogP contribution in [0.15, 0.2) is 29.2 Å². The van der Waals surface area contributed by atoms with E-state index in [1.807, 2.05) is 0 Å². The number of hydrogen-bond donors (Lipinski definition) is 1. The third-order valence-corrected chi connectivity index (χ3v) is 5.77. The van der Waals surface area contributed by atoms with Crippen molar-refractivity contribution in [1.29, 1.82) is 0 Å². The summed E-state index contributed by atoms with van der Waals surface area (Å²) in [6, 6.07) is 6.37. The molecule has 0 aromatic heterocycles. The smallest absolute Gasteiger partial charge is 0.255 e. The molecular weight excluding hydrogens is 276 g/mol. The summed E-state index contributed by atoms with van der Waals surface area (Å²) < 4.78 is 24.7. The van der Waals surface area contributed by atoms with Gasteiger partial charge < -0.3 is 10.6 Å². The van der Waals surface area contributed by atoms with Gasteiger partial charge in [-0.05, 0) is 32.4 Å². The normalized spacial score (nSPS) is 19.6. The Kier molecular flexibility index (Phi) is 4.15. The van der Waals surface area contributed by atoms with Gasteiger partial charge in [-0.15, -0.1) is 0 Å². The number of amides is 1. The van der Waals surface area contributed by atoms with Crippen molar-refractivity contribution in [2.24, 2.45) is 5.73 Å². The van der Waals surface area contributed by atoms with Gasteiger partial charge >= 0.3 is 0 Å². The summed E-state index contributed by atoms with van der Waals surface area (Å²) in [5.41, 5.74) is 6.05. The Morgan fingerprint density at radius 1 is 1.35 bits per heavy atom. The van der Waals surface area contributed by atoms with E-state index in [2.05, 4.69) is 0 Å². The lowest BCUT2D eigenvalue weighted by atomic mass is 10.2. The zero-order valence-electron chi connectivity index (χ0n) is 11.7. The second-order valence-electron chi connectivity index (χ2n) is 5.39. The van der Waals surface area contributed by atoms with Gasteiger partial charge in [-0.25, -0.2) is 8.42 Å². The van der Waals surface area contributed by atoms with E-state index in [0.29, 0.717) is 13.1 Å². The molecule has 0 unspecified atom stereocenters. The number of nitrogens with two attached hydrogens (primary N) is 1. The van der Waals surface area contributed by atoms with Gasteiger partial charge in [0.2, 0.25) is 0 Å². The van der Waals surface area contributed by atoms with Crippen molar-refractivity contribution >= 4 is 15.7 Å². The molecule has 110 valence electrons. The standard InChI is InChI=1S/C14H20N2O3S/c1-10(2)20(18,19)13-6-4-3-5-12(13)14(17)16-8-7-11(15)9-16/h3-6,10-11H,7-9,15H2,1-2H3/t11-/m1/s1. The third kappa shape index (κ3) is 2.71. The molecule has 1 heterocycles. The van der Waals surface area contributed by atoms with Gasteiger partial charge in [0, 0.05) is 19.1 Å². The highest BCUT2D eigenvalue weighted by Crippen LogP contribution is 2.23. The maximum absolute atomic E-state index is 12.5. The summed E-state index contributed by atoms with van der Waals surface area (Å²) in [7, 11) is -3.47. The van der Waals surface area contributed by atoms with Crippen molar-refractivity contribution in [3.8, 4) is 0 Å². The third-order valence-electron chi connectivity index (χ3n) is 3.56. The van der Waals surface area contributed by atoms with Crippen LogP contribution in [-0.2, 0) is 9.84 Å². The molecule has 1 amide bonds. The zero-order chi connectivity index (χ0) is 14.9. The average molecular weight is 296 g/mol. The Morgan fingerprint density at radius 3 is 2.55 bits per heavy atom. The number of hydrogen-bond acceptors (Lipinski definition) is 4. The summed E-state index contributed by atoms with van der Waals surface area (Å²) in [5.74, 6) is -0.252. The molecule has 6 heteroatoms. The van der Waals surface area contributed by atoms with Crippen LogP contribution < -0.4 is 5.73 Å². The molecule has 2 rings (SSSR count). The van der Waals surface area contributed by atoms with E-state index < -0.39 is 15.1 Å². The molecule has 0 radical (unpaired) electrons. The fraction of sp³-hybridized carbons (Fsp3) is 0.500. The van der Waals surface area contributed by atoms with Gasteiger partial charge in [-0.3, -0.25) is 4.79 Å². The van der Waals surface area contributed by atoms with E-state index in [9.17, 15) is 13.2 Å². The minimum atomic E-state index is -3.47. The maximum Gasteiger partial charge on any atom is 0.255 e. The number of carbonyl (C=O) groups is 1. The predicted octanol–water partition coefficient (Wildman–Crippen LogP) is 1.04. The second kappa shape index (κ2) is 5.54. The highest BCUT2D eigenvalue weighted by Gasteiger charge is 2.30. The first-order valence-electron chi connectivity index (χ1n) is 6.72. The van der Waals surface area contributed by atoms with Crippen molar-refractivity contribution in [3.63, 3.8) is 0 Å².